The SMILES string of the molecule is COc1cc(/C=C2/C(=O)N(c3ccccc3)N=C2C)ccc1O. The number of rotatable bonds is 3. The highest BCUT2D eigenvalue weighted by Gasteiger charge is 2.28. The first-order valence-electron chi connectivity index (χ1n) is 7.14. The summed E-state index contributed by atoms with van der Waals surface area (Å²) in [6.45, 7) is 1.80. The predicted molar refractivity (Wildman–Crippen MR) is 89.7 cm³/mol. The fraction of sp³-hybridized carbons (Fsp3) is 0.111. The van der Waals surface area contributed by atoms with E-state index in [9.17, 15) is 9.90 Å². The van der Waals surface area contributed by atoms with Crippen LogP contribution in [0, 0.1) is 0 Å². The van der Waals surface area contributed by atoms with Crippen molar-refractivity contribution in [2.45, 2.75) is 6.92 Å². The zero-order chi connectivity index (χ0) is 16.4. The summed E-state index contributed by atoms with van der Waals surface area (Å²) in [7, 11) is 1.48. The van der Waals surface area contributed by atoms with Crippen molar-refractivity contribution in [3.63, 3.8) is 0 Å². The van der Waals surface area contributed by atoms with Gasteiger partial charge in [0, 0.05) is 0 Å². The normalized spacial score (nSPS) is 15.9. The van der Waals surface area contributed by atoms with E-state index in [-0.39, 0.29) is 11.7 Å². The van der Waals surface area contributed by atoms with Gasteiger partial charge in [-0.05, 0) is 42.8 Å². The summed E-state index contributed by atoms with van der Waals surface area (Å²) >= 11 is 0. The lowest BCUT2D eigenvalue weighted by molar-refractivity contribution is -0.114. The number of hydrogen-bond acceptors (Lipinski definition) is 4. The van der Waals surface area contributed by atoms with Crippen LogP contribution in [-0.4, -0.2) is 23.8 Å². The third-order valence-electron chi connectivity index (χ3n) is 3.58. The lowest BCUT2D eigenvalue weighted by Gasteiger charge is -2.11. The molecule has 0 aromatic heterocycles. The average molecular weight is 308 g/mol. The molecule has 23 heavy (non-hydrogen) atoms. The molecule has 5 heteroatoms. The number of anilines is 1. The van der Waals surface area contributed by atoms with Crippen LogP contribution >= 0.6 is 0 Å². The Morgan fingerprint density at radius 2 is 1.91 bits per heavy atom. The highest BCUT2D eigenvalue weighted by Crippen LogP contribution is 2.29. The largest absolute Gasteiger partial charge is 0.504 e. The van der Waals surface area contributed by atoms with Crippen LogP contribution in [0.25, 0.3) is 6.08 Å². The quantitative estimate of drug-likeness (QED) is 0.886. The van der Waals surface area contributed by atoms with Crippen molar-refractivity contribution in [2.24, 2.45) is 5.10 Å². The number of para-hydroxylation sites is 1. The number of hydrazone groups is 1. The van der Waals surface area contributed by atoms with Gasteiger partial charge in [0.05, 0.1) is 24.1 Å². The predicted octanol–water partition coefficient (Wildman–Crippen LogP) is 3.21. The van der Waals surface area contributed by atoms with Gasteiger partial charge in [-0.1, -0.05) is 24.3 Å². The monoisotopic (exact) mass is 308 g/mol. The van der Waals surface area contributed by atoms with E-state index in [1.807, 2.05) is 30.3 Å². The van der Waals surface area contributed by atoms with E-state index in [2.05, 4.69) is 5.10 Å². The van der Waals surface area contributed by atoms with Gasteiger partial charge in [-0.25, -0.2) is 0 Å². The Balaban J connectivity index is 1.95. The Labute approximate surface area is 134 Å². The molecule has 0 atom stereocenters. The maximum absolute atomic E-state index is 12.6. The lowest BCUT2D eigenvalue weighted by atomic mass is 10.1. The molecule has 0 spiro atoms. The molecule has 3 rings (SSSR count). The molecule has 0 unspecified atom stereocenters. The number of amides is 1. The summed E-state index contributed by atoms with van der Waals surface area (Å²) in [5, 5.41) is 15.4. The number of phenols is 1. The number of benzene rings is 2. The van der Waals surface area contributed by atoms with Crippen LogP contribution in [0.2, 0.25) is 0 Å². The molecule has 0 fully saturated rings. The van der Waals surface area contributed by atoms with Crippen LogP contribution in [0.4, 0.5) is 5.69 Å². The fourth-order valence-electron chi connectivity index (χ4n) is 2.38. The van der Waals surface area contributed by atoms with Gasteiger partial charge in [-0.3, -0.25) is 4.79 Å². The molecule has 0 aliphatic carbocycles. The van der Waals surface area contributed by atoms with E-state index < -0.39 is 0 Å². The van der Waals surface area contributed by atoms with Gasteiger partial charge in [-0.2, -0.15) is 10.1 Å². The minimum atomic E-state index is -0.180. The minimum Gasteiger partial charge on any atom is -0.504 e. The second-order valence-electron chi connectivity index (χ2n) is 5.13. The van der Waals surface area contributed by atoms with Gasteiger partial charge in [0.2, 0.25) is 0 Å². The topological polar surface area (TPSA) is 62.1 Å². The number of ether oxygens (including phenoxy) is 1. The first kappa shape index (κ1) is 14.8. The van der Waals surface area contributed by atoms with Gasteiger partial charge in [0.25, 0.3) is 5.91 Å². The highest BCUT2D eigenvalue weighted by atomic mass is 16.5. The number of aromatic hydroxyl groups is 1. The molecule has 0 bridgehead atoms. The number of methoxy groups -OCH3 is 1. The van der Waals surface area contributed by atoms with Crippen molar-refractivity contribution in [1.29, 1.82) is 0 Å². The summed E-state index contributed by atoms with van der Waals surface area (Å²) in [4.78, 5) is 12.6. The third kappa shape index (κ3) is 2.81. The van der Waals surface area contributed by atoms with E-state index >= 15 is 0 Å². The van der Waals surface area contributed by atoms with Gasteiger partial charge in [-0.15, -0.1) is 0 Å². The van der Waals surface area contributed by atoms with Gasteiger partial charge in [0.1, 0.15) is 0 Å². The minimum absolute atomic E-state index is 0.0590. The highest BCUT2D eigenvalue weighted by molar-refractivity contribution is 6.32. The number of carbonyl (C=O) groups excluding carboxylic acids is 1. The lowest BCUT2D eigenvalue weighted by Crippen LogP contribution is -2.21. The summed E-state index contributed by atoms with van der Waals surface area (Å²) in [6.07, 6.45) is 1.74. The molecule has 0 saturated heterocycles. The van der Waals surface area contributed by atoms with Crippen LogP contribution < -0.4 is 9.75 Å². The van der Waals surface area contributed by atoms with Gasteiger partial charge in [0.15, 0.2) is 11.5 Å². The second kappa shape index (κ2) is 5.96. The van der Waals surface area contributed by atoms with E-state index in [0.717, 1.165) is 11.3 Å². The maximum Gasteiger partial charge on any atom is 0.280 e. The summed E-state index contributed by atoms with van der Waals surface area (Å²) in [5.74, 6) is 0.240. The van der Waals surface area contributed by atoms with Gasteiger partial charge >= 0.3 is 0 Å². The smallest absolute Gasteiger partial charge is 0.280 e. The molecule has 2 aromatic carbocycles. The first-order chi connectivity index (χ1) is 11.1. The van der Waals surface area contributed by atoms with Crippen molar-refractivity contribution < 1.29 is 14.6 Å². The van der Waals surface area contributed by atoms with E-state index in [0.29, 0.717) is 17.0 Å². The first-order valence-corrected chi connectivity index (χ1v) is 7.14. The Kier molecular flexibility index (Phi) is 3.85. The van der Waals surface area contributed by atoms with E-state index in [1.54, 1.807) is 25.1 Å². The zero-order valence-corrected chi connectivity index (χ0v) is 12.9. The molecule has 1 amide bonds. The van der Waals surface area contributed by atoms with Gasteiger partial charge < -0.3 is 9.84 Å². The summed E-state index contributed by atoms with van der Waals surface area (Å²) in [5.41, 5.74) is 2.64. The molecule has 1 aliphatic rings. The number of hydrogen-bond donors (Lipinski definition) is 1. The number of phenolic OH excluding ortho intramolecular Hbond substituents is 1. The van der Waals surface area contributed by atoms with Crippen molar-refractivity contribution in [3.8, 4) is 11.5 Å². The molecule has 0 saturated carbocycles. The maximum atomic E-state index is 12.6. The third-order valence-corrected chi connectivity index (χ3v) is 3.58. The molecular formula is C18H16N2O3. The van der Waals surface area contributed by atoms with E-state index in [4.69, 9.17) is 4.74 Å². The average Bonchev–Trinajstić information content (AvgIpc) is 2.85. The molecular weight excluding hydrogens is 292 g/mol. The number of nitrogens with zero attached hydrogens (tertiary/aromatic N) is 2. The Morgan fingerprint density at radius 3 is 2.61 bits per heavy atom. The number of carbonyl (C=O) groups is 1. The van der Waals surface area contributed by atoms with Crippen LogP contribution in [0.5, 0.6) is 11.5 Å². The molecule has 2 aromatic rings. The Morgan fingerprint density at radius 1 is 1.17 bits per heavy atom. The summed E-state index contributed by atoms with van der Waals surface area (Å²) < 4.78 is 5.09. The van der Waals surface area contributed by atoms with Crippen molar-refractivity contribution in [3.05, 3.63) is 59.7 Å². The van der Waals surface area contributed by atoms with Crippen molar-refractivity contribution in [1.82, 2.24) is 0 Å². The van der Waals surface area contributed by atoms with Crippen LogP contribution in [0.1, 0.15) is 12.5 Å². The molecule has 1 heterocycles. The summed E-state index contributed by atoms with van der Waals surface area (Å²) in [6, 6.07) is 14.2. The molecule has 1 N–H and O–H groups in total. The fourth-order valence-corrected chi connectivity index (χ4v) is 2.38. The van der Waals surface area contributed by atoms with E-state index in [1.165, 1.54) is 18.2 Å². The van der Waals surface area contributed by atoms with Crippen LogP contribution in [-0.2, 0) is 4.79 Å². The second-order valence-corrected chi connectivity index (χ2v) is 5.13. The molecule has 5 nitrogen and oxygen atoms in total. The Hall–Kier alpha value is -3.08. The van der Waals surface area contributed by atoms with Crippen LogP contribution in [0.3, 0.4) is 0 Å². The Bertz CT molecular complexity index is 810. The molecule has 1 aliphatic heterocycles. The van der Waals surface area contributed by atoms with Crippen molar-refractivity contribution in [2.75, 3.05) is 12.1 Å². The van der Waals surface area contributed by atoms with Crippen molar-refractivity contribution >= 4 is 23.4 Å². The zero-order valence-electron chi connectivity index (χ0n) is 12.9. The van der Waals surface area contributed by atoms with Crippen LogP contribution in [0.15, 0.2) is 59.2 Å². The molecule has 0 radical (unpaired) electrons. The standard InChI is InChI=1S/C18H16N2O3/c1-12-15(10-13-8-9-16(21)17(11-13)23-2)18(22)20(19-12)14-6-4-3-5-7-14/h3-11,21H,1-2H3/b15-10+. The molecule has 116 valence electrons.